The van der Waals surface area contributed by atoms with Crippen LogP contribution >= 0.6 is 24.0 Å². The Kier molecular flexibility index (Phi) is 10.3. The highest BCUT2D eigenvalue weighted by molar-refractivity contribution is 14.0. The van der Waals surface area contributed by atoms with E-state index in [1.54, 1.807) is 18.4 Å². The Morgan fingerprint density at radius 2 is 1.63 bits per heavy atom. The maximum Gasteiger partial charge on any atom is 0.220 e. The van der Waals surface area contributed by atoms with Crippen LogP contribution < -0.4 is 10.6 Å². The molecule has 2 N–H and O–H groups in total. The molecule has 0 aromatic carbocycles. The van der Waals surface area contributed by atoms with Crippen LogP contribution in [0.4, 0.5) is 0 Å². The molecular weight excluding hydrogens is 481 g/mol. The Labute approximate surface area is 180 Å². The maximum absolute atomic E-state index is 11.6. The van der Waals surface area contributed by atoms with Crippen molar-refractivity contribution in [3.63, 3.8) is 0 Å². The third-order valence-electron chi connectivity index (χ3n) is 5.47. The van der Waals surface area contributed by atoms with Gasteiger partial charge in [0.05, 0.1) is 6.26 Å². The van der Waals surface area contributed by atoms with Gasteiger partial charge < -0.3 is 15.5 Å². The zero-order chi connectivity index (χ0) is 19.2. The minimum Gasteiger partial charge on any atom is -0.359 e. The number of sulfonamides is 1. The van der Waals surface area contributed by atoms with E-state index in [2.05, 4.69) is 20.5 Å². The van der Waals surface area contributed by atoms with Crippen molar-refractivity contribution in [1.82, 2.24) is 19.8 Å². The highest BCUT2D eigenvalue weighted by atomic mass is 127. The first-order chi connectivity index (χ1) is 12.3. The summed E-state index contributed by atoms with van der Waals surface area (Å²) in [7, 11) is 0.415. The van der Waals surface area contributed by atoms with Gasteiger partial charge in [-0.2, -0.15) is 0 Å². The van der Waals surface area contributed by atoms with Crippen LogP contribution in [0, 0.1) is 11.8 Å². The fraction of sp³-hybridized carbons (Fsp3) is 0.882. The number of guanidine groups is 1. The molecule has 2 rings (SSSR count). The second-order valence-corrected chi connectivity index (χ2v) is 9.32. The Bertz CT molecular complexity index is 598. The summed E-state index contributed by atoms with van der Waals surface area (Å²) in [6, 6.07) is 0. The Balaban J connectivity index is 0.00000364. The number of aliphatic imine (C=N–C) groups is 1. The molecule has 0 spiro atoms. The molecule has 0 aliphatic carbocycles. The smallest absolute Gasteiger partial charge is 0.220 e. The van der Waals surface area contributed by atoms with E-state index in [1.807, 2.05) is 0 Å². The van der Waals surface area contributed by atoms with Crippen LogP contribution in [-0.4, -0.2) is 82.6 Å². The summed E-state index contributed by atoms with van der Waals surface area (Å²) in [6.45, 7) is 3.85. The number of carbonyl (C=O) groups excluding carboxylic acids is 1. The van der Waals surface area contributed by atoms with E-state index in [0.717, 1.165) is 51.3 Å². The summed E-state index contributed by atoms with van der Waals surface area (Å²) in [5.74, 6) is 1.94. The monoisotopic (exact) mass is 515 g/mol. The van der Waals surface area contributed by atoms with Crippen LogP contribution in [0.5, 0.6) is 0 Å². The summed E-state index contributed by atoms with van der Waals surface area (Å²) >= 11 is 0. The molecule has 2 heterocycles. The van der Waals surface area contributed by atoms with Gasteiger partial charge in [0.2, 0.25) is 15.9 Å². The van der Waals surface area contributed by atoms with Crippen LogP contribution in [0.1, 0.15) is 32.1 Å². The number of likely N-dealkylation sites (tertiary alicyclic amines) is 1. The van der Waals surface area contributed by atoms with E-state index in [1.165, 1.54) is 6.26 Å². The van der Waals surface area contributed by atoms with Crippen molar-refractivity contribution in [2.24, 2.45) is 16.8 Å². The first-order valence-corrected chi connectivity index (χ1v) is 11.3. The van der Waals surface area contributed by atoms with Crippen LogP contribution in [0.2, 0.25) is 0 Å². The zero-order valence-electron chi connectivity index (χ0n) is 16.6. The quantitative estimate of drug-likeness (QED) is 0.320. The molecule has 0 bridgehead atoms. The van der Waals surface area contributed by atoms with Crippen LogP contribution in [0.15, 0.2) is 4.99 Å². The molecule has 0 aromatic rings. The lowest BCUT2D eigenvalue weighted by Gasteiger charge is -2.35. The minimum atomic E-state index is -3.07. The van der Waals surface area contributed by atoms with Gasteiger partial charge in [-0.05, 0) is 37.5 Å². The molecular formula is C17H34IN5O3S. The van der Waals surface area contributed by atoms with Gasteiger partial charge in [-0.3, -0.25) is 9.79 Å². The molecule has 8 nitrogen and oxygen atoms in total. The molecule has 10 heteroatoms. The van der Waals surface area contributed by atoms with Gasteiger partial charge in [0.15, 0.2) is 5.96 Å². The number of nitrogens with one attached hydrogen (secondary N) is 2. The summed E-state index contributed by atoms with van der Waals surface area (Å²) in [5.41, 5.74) is 0. The Morgan fingerprint density at radius 3 is 2.11 bits per heavy atom. The van der Waals surface area contributed by atoms with E-state index >= 15 is 0 Å². The normalized spacial score (nSPS) is 20.9. The second kappa shape index (κ2) is 11.4. The summed E-state index contributed by atoms with van der Waals surface area (Å²) in [6.07, 6.45) is 5.65. The molecule has 0 radical (unpaired) electrons. The van der Waals surface area contributed by atoms with Crippen molar-refractivity contribution in [1.29, 1.82) is 0 Å². The van der Waals surface area contributed by atoms with E-state index in [9.17, 15) is 13.2 Å². The summed E-state index contributed by atoms with van der Waals surface area (Å²) in [4.78, 5) is 18.2. The van der Waals surface area contributed by atoms with Crippen LogP contribution in [0.3, 0.4) is 0 Å². The van der Waals surface area contributed by atoms with Gasteiger partial charge in [-0.1, -0.05) is 0 Å². The third-order valence-corrected chi connectivity index (χ3v) is 6.77. The van der Waals surface area contributed by atoms with Crippen molar-refractivity contribution in [3.05, 3.63) is 0 Å². The van der Waals surface area contributed by atoms with Crippen LogP contribution in [-0.2, 0) is 14.8 Å². The molecule has 2 aliphatic rings. The molecule has 0 unspecified atom stereocenters. The summed E-state index contributed by atoms with van der Waals surface area (Å²) < 4.78 is 24.7. The highest BCUT2D eigenvalue weighted by Crippen LogP contribution is 2.21. The van der Waals surface area contributed by atoms with Crippen molar-refractivity contribution >= 4 is 45.9 Å². The number of hydrogen-bond donors (Lipinski definition) is 2. The van der Waals surface area contributed by atoms with E-state index < -0.39 is 10.0 Å². The standard InChI is InChI=1S/C17H33N5O3S.HI/c1-18-16(23)12-14-4-8-21(9-5-14)17(19-2)20-13-15-6-10-22(11-7-15)26(3,24)25;/h14-15H,4-13H2,1-3H3,(H,18,23)(H,19,20);1H. The lowest BCUT2D eigenvalue weighted by molar-refractivity contribution is -0.121. The maximum atomic E-state index is 11.6. The largest absolute Gasteiger partial charge is 0.359 e. The number of halogens is 1. The van der Waals surface area contributed by atoms with Crippen molar-refractivity contribution < 1.29 is 13.2 Å². The number of hydrogen-bond acceptors (Lipinski definition) is 4. The number of piperidine rings is 2. The fourth-order valence-electron chi connectivity index (χ4n) is 3.73. The number of nitrogens with zero attached hydrogens (tertiary/aromatic N) is 3. The summed E-state index contributed by atoms with van der Waals surface area (Å²) in [5, 5.41) is 6.15. The molecule has 2 fully saturated rings. The lowest BCUT2D eigenvalue weighted by atomic mass is 9.93. The number of carbonyl (C=O) groups is 1. The molecule has 27 heavy (non-hydrogen) atoms. The first-order valence-electron chi connectivity index (χ1n) is 9.44. The highest BCUT2D eigenvalue weighted by Gasteiger charge is 2.26. The van der Waals surface area contributed by atoms with E-state index in [4.69, 9.17) is 0 Å². The molecule has 158 valence electrons. The molecule has 2 aliphatic heterocycles. The molecule has 0 atom stereocenters. The van der Waals surface area contributed by atoms with Gasteiger partial charge in [0.25, 0.3) is 0 Å². The average Bonchev–Trinajstić information content (AvgIpc) is 2.63. The number of amides is 1. The fourth-order valence-corrected chi connectivity index (χ4v) is 4.60. The predicted molar refractivity (Wildman–Crippen MR) is 119 cm³/mol. The van der Waals surface area contributed by atoms with Crippen molar-refractivity contribution in [3.8, 4) is 0 Å². The van der Waals surface area contributed by atoms with Crippen molar-refractivity contribution in [2.75, 3.05) is 53.1 Å². The first kappa shape index (κ1) is 24.4. The van der Waals surface area contributed by atoms with Gasteiger partial charge in [-0.15, -0.1) is 24.0 Å². The second-order valence-electron chi connectivity index (χ2n) is 7.34. The van der Waals surface area contributed by atoms with E-state index in [0.29, 0.717) is 31.3 Å². The molecule has 0 aromatic heterocycles. The van der Waals surface area contributed by atoms with E-state index in [-0.39, 0.29) is 29.9 Å². The lowest BCUT2D eigenvalue weighted by Crippen LogP contribution is -2.48. The Hall–Kier alpha value is -0.620. The Morgan fingerprint density at radius 1 is 1.07 bits per heavy atom. The minimum absolute atomic E-state index is 0. The van der Waals surface area contributed by atoms with Crippen LogP contribution in [0.25, 0.3) is 0 Å². The zero-order valence-corrected chi connectivity index (χ0v) is 19.8. The van der Waals surface area contributed by atoms with Gasteiger partial charge in [0, 0.05) is 53.2 Å². The average molecular weight is 515 g/mol. The van der Waals surface area contributed by atoms with Crippen molar-refractivity contribution in [2.45, 2.75) is 32.1 Å². The molecule has 0 saturated carbocycles. The molecule has 2 saturated heterocycles. The predicted octanol–water partition coefficient (Wildman–Crippen LogP) is 0.700. The van der Waals surface area contributed by atoms with Gasteiger partial charge in [-0.25, -0.2) is 12.7 Å². The SMILES string of the molecule is CN=C(NCC1CCN(S(C)(=O)=O)CC1)N1CCC(CC(=O)NC)CC1.I. The number of rotatable bonds is 5. The van der Waals surface area contributed by atoms with Gasteiger partial charge in [0.1, 0.15) is 0 Å². The van der Waals surface area contributed by atoms with Gasteiger partial charge >= 0.3 is 0 Å². The topological polar surface area (TPSA) is 94.1 Å². The molecule has 1 amide bonds. The third kappa shape index (κ3) is 7.72.